The molecule has 0 fully saturated rings. The van der Waals surface area contributed by atoms with Gasteiger partial charge in [-0.3, -0.25) is 0 Å². The van der Waals surface area contributed by atoms with E-state index in [4.69, 9.17) is 4.74 Å². The van der Waals surface area contributed by atoms with Gasteiger partial charge in [0.2, 0.25) is 11.8 Å². The lowest BCUT2D eigenvalue weighted by atomic mass is 10.0. The number of fused-ring (bicyclic) bond motifs is 1. The zero-order valence-electron chi connectivity index (χ0n) is 14.4. The maximum absolute atomic E-state index is 14.5. The Balaban J connectivity index is 1.55. The largest absolute Gasteiger partial charge is 0.481 e. The number of ether oxygens (including phenoxy) is 1. The first-order valence-corrected chi connectivity index (χ1v) is 8.24. The highest BCUT2D eigenvalue weighted by atomic mass is 19.1. The summed E-state index contributed by atoms with van der Waals surface area (Å²) < 4.78 is 32.9. The van der Waals surface area contributed by atoms with Crippen molar-refractivity contribution in [3.63, 3.8) is 0 Å². The highest BCUT2D eigenvalue weighted by molar-refractivity contribution is 5.80. The Morgan fingerprint density at radius 3 is 2.70 bits per heavy atom. The van der Waals surface area contributed by atoms with Gasteiger partial charge in [-0.05, 0) is 23.3 Å². The van der Waals surface area contributed by atoms with Crippen molar-refractivity contribution in [2.75, 3.05) is 7.11 Å². The molecule has 0 aliphatic rings. The molecule has 4 rings (SSSR count). The fraction of sp³-hybridized carbons (Fsp3) is 0.100. The Morgan fingerprint density at radius 2 is 1.96 bits per heavy atom. The molecule has 1 N–H and O–H groups in total. The van der Waals surface area contributed by atoms with Crippen molar-refractivity contribution in [3.8, 4) is 5.88 Å². The summed E-state index contributed by atoms with van der Waals surface area (Å²) in [5.41, 5.74) is 3.01. The molecular formula is C20H15F2N4O. The maximum atomic E-state index is 14.5. The molecule has 27 heavy (non-hydrogen) atoms. The monoisotopic (exact) mass is 365 g/mol. The van der Waals surface area contributed by atoms with Crippen LogP contribution in [0.4, 0.5) is 8.78 Å². The lowest BCUT2D eigenvalue weighted by molar-refractivity contribution is 0.398. The van der Waals surface area contributed by atoms with Crippen LogP contribution < -0.4 is 4.74 Å². The summed E-state index contributed by atoms with van der Waals surface area (Å²) in [7, 11) is 1.54. The number of rotatable bonds is 5. The van der Waals surface area contributed by atoms with Crippen molar-refractivity contribution >= 4 is 11.0 Å². The maximum Gasteiger partial charge on any atom is 0.216 e. The number of nitrogens with zero attached hydrogens (tertiary/aromatic N) is 3. The van der Waals surface area contributed by atoms with Gasteiger partial charge in [0.25, 0.3) is 0 Å². The number of hydrogen-bond acceptors (Lipinski definition) is 4. The van der Waals surface area contributed by atoms with E-state index in [9.17, 15) is 8.78 Å². The quantitative estimate of drug-likeness (QED) is 0.546. The molecule has 0 saturated carbocycles. The molecule has 0 aliphatic carbocycles. The van der Waals surface area contributed by atoms with Gasteiger partial charge in [-0.25, -0.2) is 19.3 Å². The minimum absolute atomic E-state index is 0.286. The molecule has 0 atom stereocenters. The van der Waals surface area contributed by atoms with Crippen LogP contribution in [0.5, 0.6) is 5.88 Å². The number of hydrogen-bond donors (Lipinski definition) is 1. The zero-order valence-corrected chi connectivity index (χ0v) is 14.4. The zero-order chi connectivity index (χ0) is 18.8. The van der Waals surface area contributed by atoms with Crippen LogP contribution in [0.15, 0.2) is 48.9 Å². The SMILES string of the molecule is COc1ccc([CH]c2ccc(Cc3c[nH]c4ncc(F)cc34)c(F)n2)cn1. The Labute approximate surface area is 154 Å². The van der Waals surface area contributed by atoms with Crippen LogP contribution in [-0.4, -0.2) is 27.0 Å². The van der Waals surface area contributed by atoms with Gasteiger partial charge in [0.15, 0.2) is 0 Å². The third-order valence-corrected chi connectivity index (χ3v) is 4.19. The lowest BCUT2D eigenvalue weighted by Gasteiger charge is -2.06. The third-order valence-electron chi connectivity index (χ3n) is 4.19. The minimum atomic E-state index is -0.566. The lowest BCUT2D eigenvalue weighted by Crippen LogP contribution is -1.99. The first-order chi connectivity index (χ1) is 13.1. The molecule has 0 unspecified atom stereocenters. The van der Waals surface area contributed by atoms with E-state index in [1.54, 1.807) is 44.1 Å². The summed E-state index contributed by atoms with van der Waals surface area (Å²) in [6.45, 7) is 0. The minimum Gasteiger partial charge on any atom is -0.481 e. The van der Waals surface area contributed by atoms with Crippen LogP contribution in [-0.2, 0) is 6.42 Å². The van der Waals surface area contributed by atoms with Crippen molar-refractivity contribution in [3.05, 3.63) is 89.5 Å². The fourth-order valence-corrected chi connectivity index (χ4v) is 2.84. The van der Waals surface area contributed by atoms with Crippen molar-refractivity contribution < 1.29 is 13.5 Å². The number of pyridine rings is 3. The number of aromatic amines is 1. The Kier molecular flexibility index (Phi) is 4.50. The van der Waals surface area contributed by atoms with Crippen molar-refractivity contribution in [2.24, 2.45) is 0 Å². The summed E-state index contributed by atoms with van der Waals surface area (Å²) >= 11 is 0. The van der Waals surface area contributed by atoms with Gasteiger partial charge in [0.05, 0.1) is 19.0 Å². The molecule has 135 valence electrons. The highest BCUT2D eigenvalue weighted by Crippen LogP contribution is 2.22. The van der Waals surface area contributed by atoms with E-state index < -0.39 is 11.8 Å². The average Bonchev–Trinajstić information content (AvgIpc) is 3.06. The van der Waals surface area contributed by atoms with Crippen LogP contribution in [0, 0.1) is 18.2 Å². The molecule has 0 bridgehead atoms. The van der Waals surface area contributed by atoms with Gasteiger partial charge >= 0.3 is 0 Å². The number of nitrogens with one attached hydrogen (secondary N) is 1. The van der Waals surface area contributed by atoms with Crippen LogP contribution in [0.2, 0.25) is 0 Å². The van der Waals surface area contributed by atoms with E-state index in [1.165, 1.54) is 6.07 Å². The number of methoxy groups -OCH3 is 1. The number of halogens is 2. The Morgan fingerprint density at radius 1 is 1.07 bits per heavy atom. The molecule has 4 aromatic rings. The number of aromatic nitrogens is 4. The van der Waals surface area contributed by atoms with E-state index in [0.29, 0.717) is 28.2 Å². The van der Waals surface area contributed by atoms with E-state index in [-0.39, 0.29) is 6.42 Å². The van der Waals surface area contributed by atoms with Gasteiger partial charge < -0.3 is 9.72 Å². The normalized spacial score (nSPS) is 11.1. The van der Waals surface area contributed by atoms with E-state index >= 15 is 0 Å². The Bertz CT molecular complexity index is 1090. The summed E-state index contributed by atoms with van der Waals surface area (Å²) in [4.78, 5) is 15.1. The van der Waals surface area contributed by atoms with Gasteiger partial charge in [-0.1, -0.05) is 12.1 Å². The van der Waals surface area contributed by atoms with Gasteiger partial charge in [0.1, 0.15) is 11.5 Å². The molecule has 0 saturated heterocycles. The summed E-state index contributed by atoms with van der Waals surface area (Å²) in [5.74, 6) is -0.491. The molecular weight excluding hydrogens is 350 g/mol. The molecule has 0 aliphatic heterocycles. The first kappa shape index (κ1) is 17.1. The van der Waals surface area contributed by atoms with E-state index in [1.807, 2.05) is 6.07 Å². The summed E-state index contributed by atoms with van der Waals surface area (Å²) in [6.07, 6.45) is 6.49. The third kappa shape index (κ3) is 3.62. The number of H-pyrrole nitrogens is 1. The predicted molar refractivity (Wildman–Crippen MR) is 96.3 cm³/mol. The molecule has 0 amide bonds. The Hall–Kier alpha value is -3.35. The topological polar surface area (TPSA) is 63.7 Å². The molecule has 4 aromatic heterocycles. The highest BCUT2D eigenvalue weighted by Gasteiger charge is 2.12. The average molecular weight is 365 g/mol. The second-order valence-corrected chi connectivity index (χ2v) is 6.00. The van der Waals surface area contributed by atoms with Gasteiger partial charge in [0, 0.05) is 42.3 Å². The van der Waals surface area contributed by atoms with Crippen LogP contribution in [0.25, 0.3) is 11.0 Å². The molecule has 4 heterocycles. The van der Waals surface area contributed by atoms with Crippen LogP contribution in [0.1, 0.15) is 22.4 Å². The van der Waals surface area contributed by atoms with Crippen molar-refractivity contribution in [1.29, 1.82) is 0 Å². The van der Waals surface area contributed by atoms with Crippen molar-refractivity contribution in [1.82, 2.24) is 19.9 Å². The fourth-order valence-electron chi connectivity index (χ4n) is 2.84. The molecule has 0 spiro atoms. The molecule has 1 radical (unpaired) electrons. The summed E-state index contributed by atoms with van der Waals surface area (Å²) in [6, 6.07) is 8.33. The van der Waals surface area contributed by atoms with E-state index in [2.05, 4.69) is 19.9 Å². The van der Waals surface area contributed by atoms with Crippen molar-refractivity contribution in [2.45, 2.75) is 6.42 Å². The van der Waals surface area contributed by atoms with Crippen LogP contribution in [0.3, 0.4) is 0 Å². The molecule has 7 heteroatoms. The summed E-state index contributed by atoms with van der Waals surface area (Å²) in [5, 5.41) is 0.634. The van der Waals surface area contributed by atoms with E-state index in [0.717, 1.165) is 17.3 Å². The van der Waals surface area contributed by atoms with Crippen LogP contribution >= 0.6 is 0 Å². The van der Waals surface area contributed by atoms with Gasteiger partial charge in [-0.2, -0.15) is 4.39 Å². The molecule has 0 aromatic carbocycles. The first-order valence-electron chi connectivity index (χ1n) is 8.24. The van der Waals surface area contributed by atoms with Gasteiger partial charge in [-0.15, -0.1) is 0 Å². The standard InChI is InChI=1S/C20H15F2N4O/c1-27-18-5-2-12(9-23-18)6-16-4-3-13(19(22)26-16)7-14-10-24-20-17(14)8-15(21)11-25-20/h2-6,8-11H,7H2,1H3,(H,24,25). The predicted octanol–water partition coefficient (Wildman–Crippen LogP) is 3.83. The second-order valence-electron chi connectivity index (χ2n) is 6.00. The molecule has 5 nitrogen and oxygen atoms in total. The second kappa shape index (κ2) is 7.11. The smallest absolute Gasteiger partial charge is 0.216 e.